The summed E-state index contributed by atoms with van der Waals surface area (Å²) in [6, 6.07) is 15.3. The van der Waals surface area contributed by atoms with Gasteiger partial charge in [0.2, 0.25) is 0 Å². The molecule has 2 heteroatoms. The number of hydrogen-bond acceptors (Lipinski definition) is 2. The van der Waals surface area contributed by atoms with Crippen molar-refractivity contribution < 1.29 is 0 Å². The van der Waals surface area contributed by atoms with Crippen LogP contribution < -0.4 is 10.6 Å². The van der Waals surface area contributed by atoms with E-state index in [2.05, 4.69) is 68.1 Å². The Balaban J connectivity index is 2.35. The van der Waals surface area contributed by atoms with Crippen LogP contribution in [0, 0.1) is 13.8 Å². The summed E-state index contributed by atoms with van der Waals surface area (Å²) >= 11 is 0. The number of rotatable bonds is 5. The maximum Gasteiger partial charge on any atom is 0.0413 e. The van der Waals surface area contributed by atoms with Crippen LogP contribution in [0.3, 0.4) is 0 Å². The van der Waals surface area contributed by atoms with Crippen LogP contribution in [0.15, 0.2) is 42.5 Å². The van der Waals surface area contributed by atoms with E-state index in [0.29, 0.717) is 6.54 Å². The maximum atomic E-state index is 5.65. The average Bonchev–Trinajstić information content (AvgIpc) is 2.43. The molecule has 0 radical (unpaired) electrons. The van der Waals surface area contributed by atoms with Crippen molar-refractivity contribution in [2.24, 2.45) is 5.73 Å². The second-order valence-corrected chi connectivity index (χ2v) is 5.23. The van der Waals surface area contributed by atoms with Crippen molar-refractivity contribution in [3.8, 4) is 0 Å². The largest absolute Gasteiger partial charge is 0.342 e. The summed E-state index contributed by atoms with van der Waals surface area (Å²) in [5, 5.41) is 0. The minimum atomic E-state index is 0.704. The number of nitrogens with zero attached hydrogens (tertiary/aromatic N) is 1. The Labute approximate surface area is 122 Å². The zero-order valence-corrected chi connectivity index (χ0v) is 12.7. The number of aryl methyl sites for hydroxylation is 2. The van der Waals surface area contributed by atoms with Crippen LogP contribution in [0.25, 0.3) is 0 Å². The number of anilines is 2. The third-order valence-corrected chi connectivity index (χ3v) is 3.68. The van der Waals surface area contributed by atoms with Gasteiger partial charge in [0.05, 0.1) is 0 Å². The van der Waals surface area contributed by atoms with Crippen molar-refractivity contribution in [2.75, 3.05) is 18.0 Å². The molecule has 0 unspecified atom stereocenters. The summed E-state index contributed by atoms with van der Waals surface area (Å²) < 4.78 is 0. The van der Waals surface area contributed by atoms with Gasteiger partial charge in [-0.15, -0.1) is 0 Å². The normalized spacial score (nSPS) is 10.6. The highest BCUT2D eigenvalue weighted by molar-refractivity contribution is 5.65. The van der Waals surface area contributed by atoms with E-state index >= 15 is 0 Å². The molecule has 0 fully saturated rings. The van der Waals surface area contributed by atoms with E-state index in [0.717, 1.165) is 13.0 Å². The Bertz CT molecular complexity index is 575. The quantitative estimate of drug-likeness (QED) is 0.889. The second kappa shape index (κ2) is 6.58. The van der Waals surface area contributed by atoms with Crippen LogP contribution in [-0.2, 0) is 6.42 Å². The second-order valence-electron chi connectivity index (χ2n) is 5.23. The van der Waals surface area contributed by atoms with Gasteiger partial charge in [-0.1, -0.05) is 18.2 Å². The van der Waals surface area contributed by atoms with Crippen molar-refractivity contribution in [3.63, 3.8) is 0 Å². The van der Waals surface area contributed by atoms with E-state index in [1.54, 1.807) is 0 Å². The molecule has 0 atom stereocenters. The molecule has 0 aliphatic carbocycles. The molecule has 0 spiro atoms. The molecule has 106 valence electrons. The molecule has 0 heterocycles. The van der Waals surface area contributed by atoms with Crippen molar-refractivity contribution in [1.82, 2.24) is 0 Å². The lowest BCUT2D eigenvalue weighted by molar-refractivity contribution is 0.953. The van der Waals surface area contributed by atoms with Gasteiger partial charge < -0.3 is 10.6 Å². The van der Waals surface area contributed by atoms with E-state index < -0.39 is 0 Å². The third kappa shape index (κ3) is 3.20. The van der Waals surface area contributed by atoms with E-state index in [9.17, 15) is 0 Å². The highest BCUT2D eigenvalue weighted by Gasteiger charge is 2.08. The van der Waals surface area contributed by atoms with Gasteiger partial charge in [0, 0.05) is 17.9 Å². The maximum absolute atomic E-state index is 5.65. The van der Waals surface area contributed by atoms with Crippen molar-refractivity contribution in [2.45, 2.75) is 27.2 Å². The fourth-order valence-corrected chi connectivity index (χ4v) is 2.59. The Morgan fingerprint density at radius 1 is 1.00 bits per heavy atom. The van der Waals surface area contributed by atoms with Crippen molar-refractivity contribution >= 4 is 11.4 Å². The first-order valence-electron chi connectivity index (χ1n) is 7.29. The molecule has 2 aromatic carbocycles. The Kier molecular flexibility index (Phi) is 4.80. The molecule has 0 saturated carbocycles. The molecule has 0 aliphatic heterocycles. The highest BCUT2D eigenvalue weighted by Crippen LogP contribution is 2.27. The highest BCUT2D eigenvalue weighted by atomic mass is 15.1. The van der Waals surface area contributed by atoms with Crippen molar-refractivity contribution in [1.29, 1.82) is 0 Å². The number of benzene rings is 2. The predicted octanol–water partition coefficient (Wildman–Crippen LogP) is 3.96. The Morgan fingerprint density at radius 2 is 1.75 bits per heavy atom. The van der Waals surface area contributed by atoms with Crippen molar-refractivity contribution in [3.05, 3.63) is 59.2 Å². The molecule has 2 rings (SSSR count). The van der Waals surface area contributed by atoms with Gasteiger partial charge in [0.1, 0.15) is 0 Å². The van der Waals surface area contributed by atoms with Crippen LogP contribution in [0.4, 0.5) is 11.4 Å². The lowest BCUT2D eigenvalue weighted by Crippen LogP contribution is -2.16. The van der Waals surface area contributed by atoms with Crippen LogP contribution in [-0.4, -0.2) is 13.1 Å². The van der Waals surface area contributed by atoms with Gasteiger partial charge >= 0.3 is 0 Å². The van der Waals surface area contributed by atoms with Gasteiger partial charge in [-0.3, -0.25) is 0 Å². The van der Waals surface area contributed by atoms with E-state index in [1.807, 2.05) is 0 Å². The zero-order chi connectivity index (χ0) is 14.5. The molecule has 0 aromatic heterocycles. The summed E-state index contributed by atoms with van der Waals surface area (Å²) in [6.07, 6.45) is 0.947. The van der Waals surface area contributed by atoms with Crippen LogP contribution in [0.2, 0.25) is 0 Å². The van der Waals surface area contributed by atoms with E-state index in [1.165, 1.54) is 28.1 Å². The topological polar surface area (TPSA) is 29.3 Å². The number of hydrogen-bond donors (Lipinski definition) is 1. The summed E-state index contributed by atoms with van der Waals surface area (Å²) in [6.45, 7) is 8.14. The van der Waals surface area contributed by atoms with Gasteiger partial charge in [0.15, 0.2) is 0 Å². The molecule has 0 aliphatic rings. The monoisotopic (exact) mass is 268 g/mol. The van der Waals surface area contributed by atoms with Gasteiger partial charge in [-0.25, -0.2) is 0 Å². The van der Waals surface area contributed by atoms with Crippen LogP contribution in [0.1, 0.15) is 23.6 Å². The third-order valence-electron chi connectivity index (χ3n) is 3.68. The molecule has 2 N–H and O–H groups in total. The fraction of sp³-hybridized carbons (Fsp3) is 0.333. The first-order chi connectivity index (χ1) is 9.65. The molecule has 0 amide bonds. The van der Waals surface area contributed by atoms with E-state index in [4.69, 9.17) is 5.73 Å². The van der Waals surface area contributed by atoms with Gasteiger partial charge in [-0.2, -0.15) is 0 Å². The molecular formula is C18H24N2. The summed E-state index contributed by atoms with van der Waals surface area (Å²) in [5.41, 5.74) is 12.1. The molecule has 0 bridgehead atoms. The first kappa shape index (κ1) is 14.6. The predicted molar refractivity (Wildman–Crippen MR) is 87.8 cm³/mol. The molecule has 2 aromatic rings. The lowest BCUT2D eigenvalue weighted by atomic mass is 10.0. The Morgan fingerprint density at radius 3 is 2.35 bits per heavy atom. The standard InChI is InChI=1S/C18H24N2/c1-4-20(17-7-5-6-14(2)12-17)18-9-8-16(10-11-19)15(3)13-18/h5-9,12-13H,4,10-11,19H2,1-3H3. The smallest absolute Gasteiger partial charge is 0.0413 e. The minimum Gasteiger partial charge on any atom is -0.342 e. The first-order valence-corrected chi connectivity index (χ1v) is 7.29. The minimum absolute atomic E-state index is 0.704. The zero-order valence-electron chi connectivity index (χ0n) is 12.7. The van der Waals surface area contributed by atoms with Crippen LogP contribution >= 0.6 is 0 Å². The molecule has 0 saturated heterocycles. The summed E-state index contributed by atoms with van der Waals surface area (Å²) in [5.74, 6) is 0. The number of nitrogens with two attached hydrogens (primary N) is 1. The lowest BCUT2D eigenvalue weighted by Gasteiger charge is -2.24. The van der Waals surface area contributed by atoms with Crippen LogP contribution in [0.5, 0.6) is 0 Å². The summed E-state index contributed by atoms with van der Waals surface area (Å²) in [4.78, 5) is 2.34. The molecule has 20 heavy (non-hydrogen) atoms. The molecule has 2 nitrogen and oxygen atoms in total. The fourth-order valence-electron chi connectivity index (χ4n) is 2.59. The van der Waals surface area contributed by atoms with Gasteiger partial charge in [-0.05, 0) is 74.7 Å². The SMILES string of the molecule is CCN(c1cccc(C)c1)c1ccc(CCN)c(C)c1. The van der Waals surface area contributed by atoms with E-state index in [-0.39, 0.29) is 0 Å². The summed E-state index contributed by atoms with van der Waals surface area (Å²) in [7, 11) is 0. The Hall–Kier alpha value is -1.80. The van der Waals surface area contributed by atoms with Gasteiger partial charge in [0.25, 0.3) is 0 Å². The average molecular weight is 268 g/mol. The molecular weight excluding hydrogens is 244 g/mol.